The maximum Gasteiger partial charge on any atom is 0.259 e. The third kappa shape index (κ3) is 3.53. The number of carbonyl (C=O) groups is 2. The zero-order valence-corrected chi connectivity index (χ0v) is 12.8. The van der Waals surface area contributed by atoms with Crippen LogP contribution in [0.3, 0.4) is 0 Å². The number of furan rings is 1. The molecular weight excluding hydrogens is 282 g/mol. The van der Waals surface area contributed by atoms with E-state index in [-0.39, 0.29) is 5.91 Å². The Balaban J connectivity index is 2.34. The van der Waals surface area contributed by atoms with E-state index in [1.54, 1.807) is 31.2 Å². The number of primary amides is 1. The van der Waals surface area contributed by atoms with Crippen molar-refractivity contribution in [3.8, 4) is 0 Å². The van der Waals surface area contributed by atoms with Crippen molar-refractivity contribution in [2.75, 3.05) is 19.4 Å². The van der Waals surface area contributed by atoms with Gasteiger partial charge in [-0.2, -0.15) is 0 Å². The highest BCUT2D eigenvalue weighted by molar-refractivity contribution is 6.06. The molecule has 0 bridgehead atoms. The van der Waals surface area contributed by atoms with Crippen LogP contribution in [0.1, 0.15) is 32.0 Å². The van der Waals surface area contributed by atoms with Crippen LogP contribution in [0.5, 0.6) is 0 Å². The molecule has 1 aromatic heterocycles. The first-order valence-corrected chi connectivity index (χ1v) is 6.81. The molecule has 1 heterocycles. The summed E-state index contributed by atoms with van der Waals surface area (Å²) < 4.78 is 5.14. The maximum absolute atomic E-state index is 12.3. The number of hydrogen-bond acceptors (Lipinski definition) is 4. The minimum absolute atomic E-state index is 0.284. The fourth-order valence-corrected chi connectivity index (χ4v) is 2.13. The second-order valence-electron chi connectivity index (χ2n) is 5.32. The summed E-state index contributed by atoms with van der Waals surface area (Å²) in [6.07, 6.45) is 1.46. The van der Waals surface area contributed by atoms with Crippen molar-refractivity contribution in [3.05, 3.63) is 53.0 Å². The molecule has 0 spiro atoms. The summed E-state index contributed by atoms with van der Waals surface area (Å²) in [7, 11) is 3.85. The summed E-state index contributed by atoms with van der Waals surface area (Å²) >= 11 is 0. The molecule has 1 aromatic carbocycles. The number of benzene rings is 1. The molecule has 116 valence electrons. The standard InChI is InChI=1S/C16H19N3O3/c1-10-13(6-7-22-10)16(21)18-14-8-11(15(17)20)4-5-12(14)9-19(2)3/h4-8H,9H2,1-3H3,(H2,17,20)(H,18,21). The Kier molecular flexibility index (Phi) is 4.62. The number of nitrogens with two attached hydrogens (primary N) is 1. The molecule has 2 rings (SSSR count). The summed E-state index contributed by atoms with van der Waals surface area (Å²) in [5, 5.41) is 2.82. The number of hydrogen-bond donors (Lipinski definition) is 2. The second kappa shape index (κ2) is 6.44. The Bertz CT molecular complexity index is 704. The molecule has 0 fully saturated rings. The average Bonchev–Trinajstić information content (AvgIpc) is 2.86. The van der Waals surface area contributed by atoms with Crippen LogP contribution in [-0.2, 0) is 6.54 Å². The first-order chi connectivity index (χ1) is 10.4. The molecule has 2 aromatic rings. The van der Waals surface area contributed by atoms with E-state index in [9.17, 15) is 9.59 Å². The zero-order valence-electron chi connectivity index (χ0n) is 12.8. The van der Waals surface area contributed by atoms with Crippen LogP contribution in [0.2, 0.25) is 0 Å². The minimum Gasteiger partial charge on any atom is -0.469 e. The fraction of sp³-hybridized carbons (Fsp3) is 0.250. The van der Waals surface area contributed by atoms with E-state index < -0.39 is 5.91 Å². The quantitative estimate of drug-likeness (QED) is 0.884. The van der Waals surface area contributed by atoms with Gasteiger partial charge in [-0.1, -0.05) is 6.07 Å². The lowest BCUT2D eigenvalue weighted by molar-refractivity contribution is 0.0995. The van der Waals surface area contributed by atoms with Gasteiger partial charge in [0.25, 0.3) is 5.91 Å². The second-order valence-corrected chi connectivity index (χ2v) is 5.32. The van der Waals surface area contributed by atoms with Crippen molar-refractivity contribution in [3.63, 3.8) is 0 Å². The number of rotatable bonds is 5. The van der Waals surface area contributed by atoms with Crippen molar-refractivity contribution in [2.45, 2.75) is 13.5 Å². The number of anilines is 1. The van der Waals surface area contributed by atoms with Gasteiger partial charge in [0.2, 0.25) is 5.91 Å². The Morgan fingerprint density at radius 2 is 2.00 bits per heavy atom. The van der Waals surface area contributed by atoms with Crippen LogP contribution in [0.25, 0.3) is 0 Å². The van der Waals surface area contributed by atoms with Crippen LogP contribution in [0.15, 0.2) is 34.9 Å². The van der Waals surface area contributed by atoms with Gasteiger partial charge in [-0.3, -0.25) is 9.59 Å². The molecule has 6 heteroatoms. The van der Waals surface area contributed by atoms with Crippen LogP contribution in [0.4, 0.5) is 5.69 Å². The molecule has 0 saturated heterocycles. The molecule has 0 saturated carbocycles. The number of aryl methyl sites for hydroxylation is 1. The van der Waals surface area contributed by atoms with E-state index in [2.05, 4.69) is 5.32 Å². The predicted molar refractivity (Wildman–Crippen MR) is 83.7 cm³/mol. The van der Waals surface area contributed by atoms with Crippen LogP contribution in [0, 0.1) is 6.92 Å². The normalized spacial score (nSPS) is 10.7. The molecule has 0 radical (unpaired) electrons. The maximum atomic E-state index is 12.3. The van der Waals surface area contributed by atoms with E-state index in [0.717, 1.165) is 5.56 Å². The van der Waals surface area contributed by atoms with E-state index in [0.29, 0.717) is 29.1 Å². The SMILES string of the molecule is Cc1occc1C(=O)Nc1cc(C(N)=O)ccc1CN(C)C. The number of nitrogens with zero attached hydrogens (tertiary/aromatic N) is 1. The third-order valence-corrected chi connectivity index (χ3v) is 3.23. The van der Waals surface area contributed by atoms with E-state index in [4.69, 9.17) is 10.2 Å². The van der Waals surface area contributed by atoms with Gasteiger partial charge in [-0.15, -0.1) is 0 Å². The van der Waals surface area contributed by atoms with Crippen molar-refractivity contribution < 1.29 is 14.0 Å². The van der Waals surface area contributed by atoms with E-state index in [1.807, 2.05) is 19.0 Å². The summed E-state index contributed by atoms with van der Waals surface area (Å²) in [4.78, 5) is 25.6. The van der Waals surface area contributed by atoms with Gasteiger partial charge in [-0.25, -0.2) is 0 Å². The average molecular weight is 301 g/mol. The Hall–Kier alpha value is -2.60. The van der Waals surface area contributed by atoms with Gasteiger partial charge in [0.1, 0.15) is 5.76 Å². The van der Waals surface area contributed by atoms with Gasteiger partial charge in [0.15, 0.2) is 0 Å². The first kappa shape index (κ1) is 15.8. The van der Waals surface area contributed by atoms with E-state index >= 15 is 0 Å². The Morgan fingerprint density at radius 1 is 1.27 bits per heavy atom. The number of amides is 2. The van der Waals surface area contributed by atoms with Crippen molar-refractivity contribution in [1.29, 1.82) is 0 Å². The Morgan fingerprint density at radius 3 is 2.55 bits per heavy atom. The lowest BCUT2D eigenvalue weighted by Gasteiger charge is -2.15. The van der Waals surface area contributed by atoms with Gasteiger partial charge in [0.05, 0.1) is 11.8 Å². The predicted octanol–water partition coefficient (Wildman–Crippen LogP) is 2.00. The highest BCUT2D eigenvalue weighted by Crippen LogP contribution is 2.21. The molecule has 3 N–H and O–H groups in total. The number of carbonyl (C=O) groups excluding carboxylic acids is 2. The molecule has 0 unspecified atom stereocenters. The van der Waals surface area contributed by atoms with Crippen molar-refractivity contribution in [1.82, 2.24) is 4.90 Å². The van der Waals surface area contributed by atoms with Gasteiger partial charge in [0, 0.05) is 17.8 Å². The van der Waals surface area contributed by atoms with E-state index in [1.165, 1.54) is 6.26 Å². The Labute approximate surface area is 128 Å². The summed E-state index contributed by atoms with van der Waals surface area (Å²) in [6.45, 7) is 2.34. The summed E-state index contributed by atoms with van der Waals surface area (Å²) in [5.74, 6) is -0.281. The van der Waals surface area contributed by atoms with Crippen LogP contribution in [-0.4, -0.2) is 30.8 Å². The molecular formula is C16H19N3O3. The lowest BCUT2D eigenvalue weighted by atomic mass is 10.1. The molecule has 0 aliphatic carbocycles. The molecule has 0 aliphatic heterocycles. The van der Waals surface area contributed by atoms with Gasteiger partial charge < -0.3 is 20.4 Å². The van der Waals surface area contributed by atoms with Crippen LogP contribution >= 0.6 is 0 Å². The van der Waals surface area contributed by atoms with Crippen LogP contribution < -0.4 is 11.1 Å². The molecule has 2 amide bonds. The molecule has 0 atom stereocenters. The summed E-state index contributed by atoms with van der Waals surface area (Å²) in [6, 6.07) is 6.64. The number of nitrogens with one attached hydrogen (secondary N) is 1. The monoisotopic (exact) mass is 301 g/mol. The minimum atomic E-state index is -0.536. The van der Waals surface area contributed by atoms with Gasteiger partial charge in [-0.05, 0) is 44.8 Å². The molecule has 6 nitrogen and oxygen atoms in total. The first-order valence-electron chi connectivity index (χ1n) is 6.81. The molecule has 22 heavy (non-hydrogen) atoms. The highest BCUT2D eigenvalue weighted by Gasteiger charge is 2.15. The lowest BCUT2D eigenvalue weighted by Crippen LogP contribution is -2.18. The fourth-order valence-electron chi connectivity index (χ4n) is 2.13. The topological polar surface area (TPSA) is 88.6 Å². The van der Waals surface area contributed by atoms with Gasteiger partial charge >= 0.3 is 0 Å². The largest absolute Gasteiger partial charge is 0.469 e. The van der Waals surface area contributed by atoms with Crippen molar-refractivity contribution in [2.24, 2.45) is 5.73 Å². The zero-order chi connectivity index (χ0) is 16.3. The highest BCUT2D eigenvalue weighted by atomic mass is 16.3. The summed E-state index contributed by atoms with van der Waals surface area (Å²) in [5.41, 5.74) is 7.57. The third-order valence-electron chi connectivity index (χ3n) is 3.23. The smallest absolute Gasteiger partial charge is 0.259 e. The van der Waals surface area contributed by atoms with Crippen molar-refractivity contribution >= 4 is 17.5 Å². The molecule has 0 aliphatic rings.